The molecule has 0 aliphatic carbocycles. The molecule has 0 fully saturated rings. The number of aryl methyl sites for hydroxylation is 1. The third-order valence-electron chi connectivity index (χ3n) is 2.88. The van der Waals surface area contributed by atoms with Gasteiger partial charge in [-0.05, 0) is 44.5 Å². The zero-order valence-corrected chi connectivity index (χ0v) is 10.7. The van der Waals surface area contributed by atoms with Crippen molar-refractivity contribution in [3.05, 3.63) is 29.6 Å². The van der Waals surface area contributed by atoms with E-state index in [0.29, 0.717) is 0 Å². The van der Waals surface area contributed by atoms with Gasteiger partial charge in [0.25, 0.3) is 0 Å². The minimum absolute atomic E-state index is 0.206. The van der Waals surface area contributed by atoms with Gasteiger partial charge in [0.05, 0.1) is 12.1 Å². The molecule has 0 saturated carbocycles. The highest BCUT2D eigenvalue weighted by Gasteiger charge is 2.21. The Hall–Kier alpha value is -0.930. The van der Waals surface area contributed by atoms with Crippen LogP contribution in [0.4, 0.5) is 0 Å². The fourth-order valence-electron chi connectivity index (χ4n) is 2.01. The van der Waals surface area contributed by atoms with Crippen molar-refractivity contribution in [1.82, 2.24) is 10.3 Å². The summed E-state index contributed by atoms with van der Waals surface area (Å²) < 4.78 is 5.76. The number of hydrogen-bond acceptors (Lipinski definition) is 3. The third kappa shape index (κ3) is 3.03. The molecule has 1 heterocycles. The van der Waals surface area contributed by atoms with Crippen molar-refractivity contribution in [1.29, 1.82) is 0 Å². The van der Waals surface area contributed by atoms with Crippen LogP contribution in [0.15, 0.2) is 18.5 Å². The smallest absolute Gasteiger partial charge is 0.0767 e. The first-order valence-electron chi connectivity index (χ1n) is 5.93. The van der Waals surface area contributed by atoms with Gasteiger partial charge in [-0.2, -0.15) is 0 Å². The molecule has 1 aromatic heterocycles. The van der Waals surface area contributed by atoms with Gasteiger partial charge in [0.2, 0.25) is 0 Å². The Balaban J connectivity index is 2.92. The molecule has 3 nitrogen and oxygen atoms in total. The summed E-state index contributed by atoms with van der Waals surface area (Å²) in [4.78, 5) is 4.20. The second-order valence-electron chi connectivity index (χ2n) is 3.90. The molecule has 0 amide bonds. The number of rotatable bonds is 6. The lowest BCUT2D eigenvalue weighted by molar-refractivity contribution is 0.0331. The van der Waals surface area contributed by atoms with Crippen LogP contribution in [-0.2, 0) is 4.74 Å². The van der Waals surface area contributed by atoms with Crippen molar-refractivity contribution in [3.8, 4) is 0 Å². The van der Waals surface area contributed by atoms with Gasteiger partial charge in [0, 0.05) is 19.0 Å². The van der Waals surface area contributed by atoms with Gasteiger partial charge in [-0.3, -0.25) is 4.98 Å². The summed E-state index contributed by atoms with van der Waals surface area (Å²) >= 11 is 0. The Bertz CT molecular complexity index is 315. The van der Waals surface area contributed by atoms with Gasteiger partial charge >= 0.3 is 0 Å². The predicted octanol–water partition coefficient (Wildman–Crippen LogP) is 2.47. The maximum atomic E-state index is 5.76. The fourth-order valence-corrected chi connectivity index (χ4v) is 2.01. The summed E-state index contributed by atoms with van der Waals surface area (Å²) in [6, 6.07) is 2.26. The molecule has 16 heavy (non-hydrogen) atoms. The molecule has 0 spiro atoms. The topological polar surface area (TPSA) is 34.1 Å². The third-order valence-corrected chi connectivity index (χ3v) is 2.88. The van der Waals surface area contributed by atoms with E-state index in [-0.39, 0.29) is 12.1 Å². The molecule has 0 aliphatic heterocycles. The number of likely N-dealkylation sites (N-methyl/N-ethyl adjacent to an activating group) is 1. The summed E-state index contributed by atoms with van der Waals surface area (Å²) in [7, 11) is 1.97. The van der Waals surface area contributed by atoms with Crippen LogP contribution < -0.4 is 5.32 Å². The van der Waals surface area contributed by atoms with E-state index in [4.69, 9.17) is 4.74 Å². The molecule has 90 valence electrons. The Morgan fingerprint density at radius 3 is 2.69 bits per heavy atom. The molecule has 0 bridgehead atoms. The van der Waals surface area contributed by atoms with Crippen LogP contribution in [-0.4, -0.2) is 24.7 Å². The summed E-state index contributed by atoms with van der Waals surface area (Å²) in [6.45, 7) is 7.04. The first-order chi connectivity index (χ1) is 7.74. The van der Waals surface area contributed by atoms with Crippen molar-refractivity contribution in [2.75, 3.05) is 13.7 Å². The van der Waals surface area contributed by atoms with Crippen LogP contribution in [0.3, 0.4) is 0 Å². The zero-order chi connectivity index (χ0) is 12.0. The molecule has 2 unspecified atom stereocenters. The SMILES string of the molecule is CCOC(CC)C(NC)c1cnccc1C. The van der Waals surface area contributed by atoms with Crippen LogP contribution in [0.1, 0.15) is 37.4 Å². The molecule has 2 atom stereocenters. The monoisotopic (exact) mass is 222 g/mol. The average Bonchev–Trinajstić information content (AvgIpc) is 2.31. The van der Waals surface area contributed by atoms with Gasteiger partial charge in [-0.15, -0.1) is 0 Å². The van der Waals surface area contributed by atoms with Gasteiger partial charge in [0.1, 0.15) is 0 Å². The van der Waals surface area contributed by atoms with Crippen LogP contribution in [0.5, 0.6) is 0 Å². The lowest BCUT2D eigenvalue weighted by Gasteiger charge is -2.27. The van der Waals surface area contributed by atoms with E-state index in [1.165, 1.54) is 11.1 Å². The second kappa shape index (κ2) is 6.61. The standard InChI is InChI=1S/C13H22N2O/c1-5-12(16-6-2)13(14-4)11-9-15-8-7-10(11)3/h7-9,12-14H,5-6H2,1-4H3. The minimum atomic E-state index is 0.206. The van der Waals surface area contributed by atoms with Crippen LogP contribution >= 0.6 is 0 Å². The summed E-state index contributed by atoms with van der Waals surface area (Å²) in [5, 5.41) is 3.33. The van der Waals surface area contributed by atoms with Crippen LogP contribution in [0.25, 0.3) is 0 Å². The van der Waals surface area contributed by atoms with Crippen molar-refractivity contribution in [2.24, 2.45) is 0 Å². The first-order valence-corrected chi connectivity index (χ1v) is 5.93. The Morgan fingerprint density at radius 2 is 2.19 bits per heavy atom. The molecular formula is C13H22N2O. The van der Waals surface area contributed by atoms with Crippen LogP contribution in [0.2, 0.25) is 0 Å². The van der Waals surface area contributed by atoms with Gasteiger partial charge in [0.15, 0.2) is 0 Å². The normalized spacial score (nSPS) is 14.8. The number of hydrogen-bond donors (Lipinski definition) is 1. The summed E-state index contributed by atoms with van der Waals surface area (Å²) in [6.07, 6.45) is 4.96. The van der Waals surface area contributed by atoms with Gasteiger partial charge in [-0.25, -0.2) is 0 Å². The Labute approximate surface area is 98.2 Å². The van der Waals surface area contributed by atoms with Crippen molar-refractivity contribution < 1.29 is 4.74 Å². The lowest BCUT2D eigenvalue weighted by atomic mass is 9.97. The number of aromatic nitrogens is 1. The molecule has 1 rings (SSSR count). The van der Waals surface area contributed by atoms with E-state index in [0.717, 1.165) is 13.0 Å². The van der Waals surface area contributed by atoms with Gasteiger partial charge in [-0.1, -0.05) is 6.92 Å². The largest absolute Gasteiger partial charge is 0.377 e. The van der Waals surface area contributed by atoms with E-state index < -0.39 is 0 Å². The van der Waals surface area contributed by atoms with Crippen LogP contribution in [0, 0.1) is 6.92 Å². The average molecular weight is 222 g/mol. The first kappa shape index (κ1) is 13.1. The number of pyridine rings is 1. The van der Waals surface area contributed by atoms with Gasteiger partial charge < -0.3 is 10.1 Å². The minimum Gasteiger partial charge on any atom is -0.377 e. The number of nitrogens with zero attached hydrogens (tertiary/aromatic N) is 1. The molecular weight excluding hydrogens is 200 g/mol. The molecule has 0 aromatic carbocycles. The maximum absolute atomic E-state index is 5.76. The van der Waals surface area contributed by atoms with Crippen molar-refractivity contribution >= 4 is 0 Å². The number of nitrogens with one attached hydrogen (secondary N) is 1. The highest BCUT2D eigenvalue weighted by molar-refractivity contribution is 5.26. The summed E-state index contributed by atoms with van der Waals surface area (Å²) in [5.74, 6) is 0. The zero-order valence-electron chi connectivity index (χ0n) is 10.7. The molecule has 0 radical (unpaired) electrons. The van der Waals surface area contributed by atoms with E-state index in [1.54, 1.807) is 0 Å². The molecule has 3 heteroatoms. The quantitative estimate of drug-likeness (QED) is 0.803. The Morgan fingerprint density at radius 1 is 1.44 bits per heavy atom. The second-order valence-corrected chi connectivity index (χ2v) is 3.90. The lowest BCUT2D eigenvalue weighted by Crippen LogP contribution is -2.32. The molecule has 0 aliphatic rings. The molecule has 1 aromatic rings. The van der Waals surface area contributed by atoms with Crippen molar-refractivity contribution in [3.63, 3.8) is 0 Å². The molecule has 0 saturated heterocycles. The number of ether oxygens (including phenoxy) is 1. The van der Waals surface area contributed by atoms with E-state index in [1.807, 2.05) is 32.4 Å². The maximum Gasteiger partial charge on any atom is 0.0767 e. The van der Waals surface area contributed by atoms with Crippen molar-refractivity contribution in [2.45, 2.75) is 39.3 Å². The Kier molecular flexibility index (Phi) is 5.43. The highest BCUT2D eigenvalue weighted by atomic mass is 16.5. The summed E-state index contributed by atoms with van der Waals surface area (Å²) in [5.41, 5.74) is 2.48. The fraction of sp³-hybridized carbons (Fsp3) is 0.615. The van der Waals surface area contributed by atoms with E-state index in [2.05, 4.69) is 24.1 Å². The highest BCUT2D eigenvalue weighted by Crippen LogP contribution is 2.23. The van der Waals surface area contributed by atoms with E-state index in [9.17, 15) is 0 Å². The predicted molar refractivity (Wildman–Crippen MR) is 66.5 cm³/mol. The molecule has 1 N–H and O–H groups in total. The van der Waals surface area contributed by atoms with E-state index >= 15 is 0 Å².